The Morgan fingerprint density at radius 3 is 1.80 bits per heavy atom. The van der Waals surface area contributed by atoms with Crippen LogP contribution in [0, 0.1) is 6.92 Å². The molecule has 0 saturated carbocycles. The fraction of sp³-hybridized carbons (Fsp3) is 0.136. The van der Waals surface area contributed by atoms with Crippen LogP contribution in [0.5, 0.6) is 0 Å². The van der Waals surface area contributed by atoms with Crippen LogP contribution in [0.4, 0.5) is 0 Å². The van der Waals surface area contributed by atoms with Crippen molar-refractivity contribution < 1.29 is 14.6 Å². The number of ether oxygens (including phenoxy) is 1. The first-order valence-electron chi connectivity index (χ1n) is 8.17. The van der Waals surface area contributed by atoms with E-state index in [9.17, 15) is 9.90 Å². The zero-order valence-corrected chi connectivity index (χ0v) is 14.1. The molecule has 0 spiro atoms. The van der Waals surface area contributed by atoms with Gasteiger partial charge in [0.05, 0.1) is 0 Å². The van der Waals surface area contributed by atoms with E-state index in [2.05, 4.69) is 0 Å². The molecule has 0 fully saturated rings. The highest BCUT2D eigenvalue weighted by molar-refractivity contribution is 5.85. The van der Waals surface area contributed by atoms with Crippen LogP contribution in [0.15, 0.2) is 84.9 Å². The number of carbonyl (C=O) groups is 1. The highest BCUT2D eigenvalue weighted by Crippen LogP contribution is 2.31. The summed E-state index contributed by atoms with van der Waals surface area (Å²) in [5, 5.41) is 11.3. The van der Waals surface area contributed by atoms with Crippen molar-refractivity contribution >= 4 is 5.97 Å². The molecule has 0 atom stereocenters. The molecule has 0 aromatic heterocycles. The van der Waals surface area contributed by atoms with Crippen LogP contribution in [0.1, 0.15) is 22.3 Å². The molecule has 0 aliphatic heterocycles. The molecular formula is C22H20O3. The molecule has 126 valence electrons. The van der Waals surface area contributed by atoms with Gasteiger partial charge in [-0.05, 0) is 23.6 Å². The third kappa shape index (κ3) is 3.62. The van der Waals surface area contributed by atoms with Gasteiger partial charge >= 0.3 is 5.97 Å². The first-order valence-corrected chi connectivity index (χ1v) is 8.17. The van der Waals surface area contributed by atoms with E-state index in [0.29, 0.717) is 11.1 Å². The largest absolute Gasteiger partial charge is 0.458 e. The minimum absolute atomic E-state index is 0.112. The lowest BCUT2D eigenvalue weighted by atomic mass is 9.86. The van der Waals surface area contributed by atoms with Gasteiger partial charge < -0.3 is 9.84 Å². The molecule has 0 aliphatic carbocycles. The van der Waals surface area contributed by atoms with Gasteiger partial charge in [-0.15, -0.1) is 0 Å². The topological polar surface area (TPSA) is 46.5 Å². The molecule has 1 N–H and O–H groups in total. The molecule has 3 aromatic carbocycles. The van der Waals surface area contributed by atoms with Crippen molar-refractivity contribution in [2.75, 3.05) is 0 Å². The predicted octanol–water partition coefficient (Wildman–Crippen LogP) is 3.97. The summed E-state index contributed by atoms with van der Waals surface area (Å²) in [6.07, 6.45) is 0. The molecule has 3 heteroatoms. The lowest BCUT2D eigenvalue weighted by molar-refractivity contribution is -0.163. The van der Waals surface area contributed by atoms with Gasteiger partial charge in [0, 0.05) is 0 Å². The molecular weight excluding hydrogens is 312 g/mol. The fourth-order valence-electron chi connectivity index (χ4n) is 2.70. The summed E-state index contributed by atoms with van der Waals surface area (Å²) in [5.41, 5.74) is 1.14. The summed E-state index contributed by atoms with van der Waals surface area (Å²) < 4.78 is 5.45. The van der Waals surface area contributed by atoms with E-state index in [1.54, 1.807) is 48.5 Å². The normalized spacial score (nSPS) is 11.1. The van der Waals surface area contributed by atoms with Gasteiger partial charge in [0.25, 0.3) is 0 Å². The Kier molecular flexibility index (Phi) is 4.96. The average molecular weight is 332 g/mol. The number of aliphatic hydroxyl groups is 1. The van der Waals surface area contributed by atoms with Gasteiger partial charge in [-0.3, -0.25) is 0 Å². The Hall–Kier alpha value is -2.91. The molecule has 0 saturated heterocycles. The zero-order valence-electron chi connectivity index (χ0n) is 14.1. The number of aryl methyl sites for hydroxylation is 1. The number of benzene rings is 3. The first kappa shape index (κ1) is 16.9. The summed E-state index contributed by atoms with van der Waals surface area (Å²) >= 11 is 0. The van der Waals surface area contributed by atoms with E-state index >= 15 is 0 Å². The van der Waals surface area contributed by atoms with Crippen molar-refractivity contribution in [3.8, 4) is 0 Å². The van der Waals surface area contributed by atoms with Gasteiger partial charge in [-0.1, -0.05) is 90.5 Å². The first-order chi connectivity index (χ1) is 12.1. The lowest BCUT2D eigenvalue weighted by Crippen LogP contribution is -2.38. The molecule has 0 bridgehead atoms. The predicted molar refractivity (Wildman–Crippen MR) is 96.9 cm³/mol. The molecule has 25 heavy (non-hydrogen) atoms. The smallest absolute Gasteiger partial charge is 0.348 e. The maximum absolute atomic E-state index is 12.8. The Morgan fingerprint density at radius 1 is 0.840 bits per heavy atom. The highest BCUT2D eigenvalue weighted by Gasteiger charge is 2.41. The van der Waals surface area contributed by atoms with Crippen LogP contribution in [0.2, 0.25) is 0 Å². The van der Waals surface area contributed by atoms with Crippen LogP contribution < -0.4 is 0 Å². The Balaban J connectivity index is 1.89. The van der Waals surface area contributed by atoms with Crippen molar-refractivity contribution in [3.63, 3.8) is 0 Å². The van der Waals surface area contributed by atoms with Crippen molar-refractivity contribution in [1.29, 1.82) is 0 Å². The maximum Gasteiger partial charge on any atom is 0.348 e. The molecule has 0 heterocycles. The van der Waals surface area contributed by atoms with Gasteiger partial charge in [0.1, 0.15) is 6.61 Å². The van der Waals surface area contributed by atoms with Crippen LogP contribution in [0.3, 0.4) is 0 Å². The second kappa shape index (κ2) is 7.32. The summed E-state index contributed by atoms with van der Waals surface area (Å²) in [6.45, 7) is 2.11. The van der Waals surface area contributed by atoms with Crippen LogP contribution in [-0.2, 0) is 21.7 Å². The zero-order chi connectivity index (χ0) is 17.7. The molecule has 0 amide bonds. The minimum Gasteiger partial charge on any atom is -0.458 e. The third-order valence-corrected chi connectivity index (χ3v) is 4.17. The quantitative estimate of drug-likeness (QED) is 0.719. The summed E-state index contributed by atoms with van der Waals surface area (Å²) in [5.74, 6) is -0.689. The van der Waals surface area contributed by atoms with Gasteiger partial charge in [-0.25, -0.2) is 4.79 Å². The maximum atomic E-state index is 12.8. The average Bonchev–Trinajstić information content (AvgIpc) is 2.68. The Labute approximate surface area is 147 Å². The number of rotatable bonds is 5. The van der Waals surface area contributed by atoms with E-state index in [4.69, 9.17) is 4.74 Å². The number of carbonyl (C=O) groups excluding carboxylic acids is 1. The highest BCUT2D eigenvalue weighted by atomic mass is 16.5. The monoisotopic (exact) mass is 332 g/mol. The Morgan fingerprint density at radius 2 is 1.32 bits per heavy atom. The number of hydrogen-bond donors (Lipinski definition) is 1. The molecule has 0 unspecified atom stereocenters. The van der Waals surface area contributed by atoms with Crippen LogP contribution in [0.25, 0.3) is 0 Å². The third-order valence-electron chi connectivity index (χ3n) is 4.17. The van der Waals surface area contributed by atoms with Crippen molar-refractivity contribution in [2.24, 2.45) is 0 Å². The van der Waals surface area contributed by atoms with Crippen molar-refractivity contribution in [3.05, 3.63) is 107 Å². The SMILES string of the molecule is Cc1ccc(COC(=O)C(O)(c2ccccc2)c2ccccc2)cc1. The molecule has 0 radical (unpaired) electrons. The van der Waals surface area contributed by atoms with E-state index in [1.165, 1.54) is 0 Å². The molecule has 3 nitrogen and oxygen atoms in total. The van der Waals surface area contributed by atoms with Crippen molar-refractivity contribution in [2.45, 2.75) is 19.1 Å². The second-order valence-corrected chi connectivity index (χ2v) is 6.00. The second-order valence-electron chi connectivity index (χ2n) is 6.00. The van der Waals surface area contributed by atoms with Crippen molar-refractivity contribution in [1.82, 2.24) is 0 Å². The summed E-state index contributed by atoms with van der Waals surface area (Å²) in [6, 6.07) is 25.5. The van der Waals surface area contributed by atoms with E-state index in [1.807, 2.05) is 43.3 Å². The molecule has 3 aromatic rings. The van der Waals surface area contributed by atoms with Gasteiger partial charge in [0.15, 0.2) is 0 Å². The van der Waals surface area contributed by atoms with Gasteiger partial charge in [-0.2, -0.15) is 0 Å². The van der Waals surface area contributed by atoms with Crippen LogP contribution in [-0.4, -0.2) is 11.1 Å². The lowest BCUT2D eigenvalue weighted by Gasteiger charge is -2.27. The molecule has 0 aliphatic rings. The standard InChI is InChI=1S/C22H20O3/c1-17-12-14-18(15-13-17)16-25-21(23)22(24,19-8-4-2-5-9-19)20-10-6-3-7-11-20/h2-15,24H,16H2,1H3. The summed E-state index contributed by atoms with van der Waals surface area (Å²) in [7, 11) is 0. The van der Waals surface area contributed by atoms with E-state index in [-0.39, 0.29) is 6.61 Å². The minimum atomic E-state index is -1.84. The fourth-order valence-corrected chi connectivity index (χ4v) is 2.70. The molecule has 3 rings (SSSR count). The van der Waals surface area contributed by atoms with E-state index in [0.717, 1.165) is 11.1 Å². The Bertz CT molecular complexity index is 785. The van der Waals surface area contributed by atoms with Crippen LogP contribution >= 0.6 is 0 Å². The summed E-state index contributed by atoms with van der Waals surface area (Å²) in [4.78, 5) is 12.8. The number of esters is 1. The number of hydrogen-bond acceptors (Lipinski definition) is 3. The van der Waals surface area contributed by atoms with E-state index < -0.39 is 11.6 Å². The van der Waals surface area contributed by atoms with Gasteiger partial charge in [0.2, 0.25) is 5.60 Å².